The summed E-state index contributed by atoms with van der Waals surface area (Å²) in [6, 6.07) is 5.93. The molecule has 100 valence electrons. The second kappa shape index (κ2) is 6.89. The first-order valence-electron chi connectivity index (χ1n) is 6.73. The summed E-state index contributed by atoms with van der Waals surface area (Å²) in [6.45, 7) is 0. The number of ether oxygens (including phenoxy) is 2. The molecule has 1 aliphatic carbocycles. The van der Waals surface area contributed by atoms with Crippen LogP contribution < -0.4 is 9.47 Å². The minimum atomic E-state index is 0.336. The molecular formula is C15H21ClO2. The van der Waals surface area contributed by atoms with Crippen molar-refractivity contribution in [2.24, 2.45) is 0 Å². The van der Waals surface area contributed by atoms with Crippen molar-refractivity contribution in [3.63, 3.8) is 0 Å². The fourth-order valence-corrected chi connectivity index (χ4v) is 2.60. The summed E-state index contributed by atoms with van der Waals surface area (Å²) < 4.78 is 11.5. The van der Waals surface area contributed by atoms with Crippen LogP contribution in [0.2, 0.25) is 0 Å². The van der Waals surface area contributed by atoms with Crippen molar-refractivity contribution in [3.05, 3.63) is 23.8 Å². The molecule has 0 aromatic heterocycles. The third-order valence-electron chi connectivity index (χ3n) is 3.48. The molecule has 0 N–H and O–H groups in total. The van der Waals surface area contributed by atoms with Crippen LogP contribution in [0.15, 0.2) is 18.2 Å². The molecule has 0 amide bonds. The summed E-state index contributed by atoms with van der Waals surface area (Å²) >= 11 is 5.83. The molecule has 1 saturated carbocycles. The molecule has 0 aliphatic heterocycles. The van der Waals surface area contributed by atoms with Crippen molar-refractivity contribution in [1.82, 2.24) is 0 Å². The first kappa shape index (κ1) is 13.5. The topological polar surface area (TPSA) is 18.5 Å². The van der Waals surface area contributed by atoms with Crippen molar-refractivity contribution < 1.29 is 9.47 Å². The largest absolute Gasteiger partial charge is 0.493 e. The quantitative estimate of drug-likeness (QED) is 0.590. The monoisotopic (exact) mass is 268 g/mol. The second-order valence-corrected chi connectivity index (χ2v) is 5.12. The molecule has 0 atom stereocenters. The average molecular weight is 269 g/mol. The van der Waals surface area contributed by atoms with Crippen LogP contribution in [-0.4, -0.2) is 13.2 Å². The van der Waals surface area contributed by atoms with Crippen LogP contribution in [-0.2, 0) is 5.88 Å². The third-order valence-corrected chi connectivity index (χ3v) is 3.79. The van der Waals surface area contributed by atoms with Crippen LogP contribution in [0.25, 0.3) is 0 Å². The van der Waals surface area contributed by atoms with E-state index in [2.05, 4.69) is 0 Å². The molecule has 2 rings (SSSR count). The van der Waals surface area contributed by atoms with Gasteiger partial charge in [0.25, 0.3) is 0 Å². The van der Waals surface area contributed by atoms with Gasteiger partial charge in [-0.15, -0.1) is 11.6 Å². The molecule has 3 heteroatoms. The number of hydrogen-bond donors (Lipinski definition) is 0. The predicted molar refractivity (Wildman–Crippen MR) is 74.7 cm³/mol. The molecule has 0 saturated heterocycles. The number of benzene rings is 1. The molecule has 0 unspecified atom stereocenters. The molecule has 1 aromatic rings. The van der Waals surface area contributed by atoms with E-state index in [1.165, 1.54) is 25.7 Å². The van der Waals surface area contributed by atoms with Crippen molar-refractivity contribution >= 4 is 11.6 Å². The van der Waals surface area contributed by atoms with E-state index in [1.807, 2.05) is 18.2 Å². The number of alkyl halides is 1. The molecule has 0 heterocycles. The van der Waals surface area contributed by atoms with E-state index in [4.69, 9.17) is 21.1 Å². The number of rotatable bonds is 4. The zero-order valence-electron chi connectivity index (χ0n) is 11.0. The molecule has 1 fully saturated rings. The smallest absolute Gasteiger partial charge is 0.161 e. The maximum atomic E-state index is 6.09. The van der Waals surface area contributed by atoms with Gasteiger partial charge in [0.2, 0.25) is 0 Å². The molecule has 1 aromatic carbocycles. The van der Waals surface area contributed by atoms with Gasteiger partial charge in [0.15, 0.2) is 11.5 Å². The minimum absolute atomic E-state index is 0.336. The maximum absolute atomic E-state index is 6.09. The zero-order valence-corrected chi connectivity index (χ0v) is 11.7. The van der Waals surface area contributed by atoms with Crippen LogP contribution in [0.4, 0.5) is 0 Å². The van der Waals surface area contributed by atoms with Gasteiger partial charge in [-0.2, -0.15) is 0 Å². The van der Waals surface area contributed by atoms with Crippen LogP contribution in [0, 0.1) is 0 Å². The lowest BCUT2D eigenvalue weighted by Gasteiger charge is -2.19. The van der Waals surface area contributed by atoms with Crippen LogP contribution in [0.1, 0.15) is 44.1 Å². The Morgan fingerprint density at radius 3 is 2.44 bits per heavy atom. The van der Waals surface area contributed by atoms with E-state index in [-0.39, 0.29) is 0 Å². The third kappa shape index (κ3) is 3.55. The van der Waals surface area contributed by atoms with E-state index in [0.29, 0.717) is 12.0 Å². The van der Waals surface area contributed by atoms with E-state index < -0.39 is 0 Å². The number of halogens is 1. The minimum Gasteiger partial charge on any atom is -0.493 e. The number of methoxy groups -OCH3 is 1. The molecule has 0 spiro atoms. The van der Waals surface area contributed by atoms with Gasteiger partial charge in [0.1, 0.15) is 0 Å². The van der Waals surface area contributed by atoms with E-state index in [1.54, 1.807) is 7.11 Å². The average Bonchev–Trinajstić information content (AvgIpc) is 2.68. The predicted octanol–water partition coefficient (Wildman–Crippen LogP) is 4.54. The summed E-state index contributed by atoms with van der Waals surface area (Å²) in [6.07, 6.45) is 7.85. The van der Waals surface area contributed by atoms with Crippen LogP contribution >= 0.6 is 11.6 Å². The van der Waals surface area contributed by atoms with Crippen LogP contribution in [0.5, 0.6) is 11.5 Å². The summed E-state index contributed by atoms with van der Waals surface area (Å²) in [5, 5.41) is 0. The van der Waals surface area contributed by atoms with Gasteiger partial charge in [0, 0.05) is 5.88 Å². The highest BCUT2D eigenvalue weighted by molar-refractivity contribution is 6.17. The lowest BCUT2D eigenvalue weighted by molar-refractivity contribution is 0.176. The highest BCUT2D eigenvalue weighted by Crippen LogP contribution is 2.31. The SMILES string of the molecule is COc1cc(CCl)ccc1OC1CCCCCC1. The zero-order chi connectivity index (χ0) is 12.8. The van der Waals surface area contributed by atoms with Crippen molar-refractivity contribution in [2.75, 3.05) is 7.11 Å². The Hall–Kier alpha value is -0.890. The molecule has 2 nitrogen and oxygen atoms in total. The number of hydrogen-bond acceptors (Lipinski definition) is 2. The second-order valence-electron chi connectivity index (χ2n) is 4.85. The molecule has 18 heavy (non-hydrogen) atoms. The lowest BCUT2D eigenvalue weighted by Crippen LogP contribution is -2.15. The van der Waals surface area contributed by atoms with Gasteiger partial charge >= 0.3 is 0 Å². The lowest BCUT2D eigenvalue weighted by atomic mass is 10.1. The van der Waals surface area contributed by atoms with E-state index >= 15 is 0 Å². The van der Waals surface area contributed by atoms with E-state index in [9.17, 15) is 0 Å². The Kier molecular flexibility index (Phi) is 5.18. The molecular weight excluding hydrogens is 248 g/mol. The van der Waals surface area contributed by atoms with Crippen molar-refractivity contribution in [1.29, 1.82) is 0 Å². The van der Waals surface area contributed by atoms with Gasteiger partial charge < -0.3 is 9.47 Å². The highest BCUT2D eigenvalue weighted by Gasteiger charge is 2.16. The summed E-state index contributed by atoms with van der Waals surface area (Å²) in [4.78, 5) is 0. The van der Waals surface area contributed by atoms with Crippen LogP contribution in [0.3, 0.4) is 0 Å². The Bertz CT molecular complexity index is 371. The van der Waals surface area contributed by atoms with Gasteiger partial charge in [-0.1, -0.05) is 18.9 Å². The normalized spacial score (nSPS) is 17.2. The first-order chi connectivity index (χ1) is 8.83. The van der Waals surface area contributed by atoms with Gasteiger partial charge in [-0.3, -0.25) is 0 Å². The summed E-state index contributed by atoms with van der Waals surface area (Å²) in [5.74, 6) is 2.13. The van der Waals surface area contributed by atoms with Gasteiger partial charge in [-0.05, 0) is 43.4 Å². The van der Waals surface area contributed by atoms with Gasteiger partial charge in [-0.25, -0.2) is 0 Å². The molecule has 0 radical (unpaired) electrons. The van der Waals surface area contributed by atoms with Crippen molar-refractivity contribution in [3.8, 4) is 11.5 Å². The highest BCUT2D eigenvalue weighted by atomic mass is 35.5. The van der Waals surface area contributed by atoms with Crippen molar-refractivity contribution in [2.45, 2.75) is 50.5 Å². The van der Waals surface area contributed by atoms with Gasteiger partial charge in [0.05, 0.1) is 13.2 Å². The summed E-state index contributed by atoms with van der Waals surface area (Å²) in [7, 11) is 1.67. The van der Waals surface area contributed by atoms with E-state index in [0.717, 1.165) is 29.9 Å². The summed E-state index contributed by atoms with van der Waals surface area (Å²) in [5.41, 5.74) is 1.06. The molecule has 1 aliphatic rings. The molecule has 0 bridgehead atoms. The first-order valence-corrected chi connectivity index (χ1v) is 7.26. The fourth-order valence-electron chi connectivity index (χ4n) is 2.43. The Labute approximate surface area is 114 Å². The fraction of sp³-hybridized carbons (Fsp3) is 0.600. The standard InChI is InChI=1S/C15H21ClO2/c1-17-15-10-12(11-16)8-9-14(15)18-13-6-4-2-3-5-7-13/h8-10,13H,2-7,11H2,1H3. The Balaban J connectivity index is 2.07. The Morgan fingerprint density at radius 1 is 1.11 bits per heavy atom. The Morgan fingerprint density at radius 2 is 1.83 bits per heavy atom. The maximum Gasteiger partial charge on any atom is 0.161 e.